The summed E-state index contributed by atoms with van der Waals surface area (Å²) in [5, 5.41) is 0.549. The zero-order chi connectivity index (χ0) is 13.3. The summed E-state index contributed by atoms with van der Waals surface area (Å²) in [6.45, 7) is 3.72. The van der Waals surface area contributed by atoms with Crippen molar-refractivity contribution in [1.82, 2.24) is 0 Å². The van der Waals surface area contributed by atoms with Gasteiger partial charge >= 0.3 is 5.97 Å². The lowest BCUT2D eigenvalue weighted by Gasteiger charge is -2.18. The molecule has 1 aliphatic heterocycles. The Morgan fingerprint density at radius 1 is 1.50 bits per heavy atom. The first-order valence-corrected chi connectivity index (χ1v) is 5.98. The number of carbonyl (C=O) groups is 2. The third-order valence-electron chi connectivity index (χ3n) is 2.81. The highest BCUT2D eigenvalue weighted by molar-refractivity contribution is 6.32. The molecule has 1 heterocycles. The minimum Gasteiger partial charge on any atom is -0.465 e. The fourth-order valence-corrected chi connectivity index (χ4v) is 1.98. The van der Waals surface area contributed by atoms with Gasteiger partial charge in [0.05, 0.1) is 12.3 Å². The van der Waals surface area contributed by atoms with Crippen molar-refractivity contribution in [2.75, 3.05) is 6.61 Å². The molecule has 2 rings (SSSR count). The molecule has 1 aromatic carbocycles. The topological polar surface area (TPSA) is 55.7 Å². The first kappa shape index (κ1) is 12.8. The van der Waals surface area contributed by atoms with E-state index in [9.17, 15) is 9.59 Å². The molecule has 18 heavy (non-hydrogen) atoms. The lowest BCUT2D eigenvalue weighted by molar-refractivity contribution is -0.143. The molecule has 0 aromatic heterocycles. The molecular weight excluding hydrogens is 254 g/mol. The summed E-state index contributed by atoms with van der Waals surface area (Å²) in [6.07, 6.45) is 1.33. The number of esters is 1. The van der Waals surface area contributed by atoms with Crippen LogP contribution in [0.1, 0.15) is 22.8 Å². The molecule has 0 saturated heterocycles. The van der Waals surface area contributed by atoms with Gasteiger partial charge in [0.2, 0.25) is 0 Å². The molecule has 0 N–H and O–H groups in total. The summed E-state index contributed by atoms with van der Waals surface area (Å²) in [5.41, 5.74) is 1.69. The van der Waals surface area contributed by atoms with E-state index >= 15 is 0 Å². The van der Waals surface area contributed by atoms with Gasteiger partial charge in [0.15, 0.2) is 11.7 Å². The van der Waals surface area contributed by atoms with Gasteiger partial charge in [-0.3, -0.25) is 14.6 Å². The predicted octanol–water partition coefficient (Wildman–Crippen LogP) is 2.73. The number of hydrogen-bond donors (Lipinski definition) is 0. The molecule has 0 saturated carbocycles. The normalized spacial score (nSPS) is 17.5. The van der Waals surface area contributed by atoms with Gasteiger partial charge in [-0.15, -0.1) is 0 Å². The van der Waals surface area contributed by atoms with Crippen LogP contribution in [-0.4, -0.2) is 24.6 Å². The summed E-state index contributed by atoms with van der Waals surface area (Å²) >= 11 is 5.97. The Hall–Kier alpha value is -1.68. The number of rotatable bonds is 2. The average Bonchev–Trinajstić information content (AvgIpc) is 2.34. The maximum absolute atomic E-state index is 12.2. The van der Waals surface area contributed by atoms with E-state index in [2.05, 4.69) is 4.99 Å². The number of halogens is 1. The van der Waals surface area contributed by atoms with Crippen molar-refractivity contribution < 1.29 is 14.3 Å². The summed E-state index contributed by atoms with van der Waals surface area (Å²) in [7, 11) is 0. The number of fused-ring (bicyclic) bond motifs is 1. The number of benzene rings is 1. The largest absolute Gasteiger partial charge is 0.465 e. The number of nitrogens with zero attached hydrogens (tertiary/aromatic N) is 1. The van der Waals surface area contributed by atoms with Crippen molar-refractivity contribution in [2.45, 2.75) is 13.8 Å². The summed E-state index contributed by atoms with van der Waals surface area (Å²) in [4.78, 5) is 27.9. The average molecular weight is 266 g/mol. The van der Waals surface area contributed by atoms with Crippen LogP contribution in [0.2, 0.25) is 5.02 Å². The Bertz CT molecular complexity index is 551. The summed E-state index contributed by atoms with van der Waals surface area (Å²) in [6, 6.07) is 3.23. The van der Waals surface area contributed by atoms with E-state index in [1.54, 1.807) is 26.0 Å². The molecule has 0 radical (unpaired) electrons. The lowest BCUT2D eigenvalue weighted by Crippen LogP contribution is -2.29. The molecule has 1 aromatic rings. The number of hydrogen-bond acceptors (Lipinski definition) is 4. The van der Waals surface area contributed by atoms with E-state index in [4.69, 9.17) is 16.3 Å². The molecule has 5 heteroatoms. The van der Waals surface area contributed by atoms with Crippen molar-refractivity contribution in [3.63, 3.8) is 0 Å². The van der Waals surface area contributed by atoms with E-state index in [1.807, 2.05) is 0 Å². The number of ketones is 1. The third kappa shape index (κ3) is 2.04. The van der Waals surface area contributed by atoms with Crippen LogP contribution in [-0.2, 0) is 9.53 Å². The van der Waals surface area contributed by atoms with Crippen LogP contribution in [0.3, 0.4) is 0 Å². The monoisotopic (exact) mass is 265 g/mol. The second kappa shape index (κ2) is 4.90. The van der Waals surface area contributed by atoms with Crippen molar-refractivity contribution in [1.29, 1.82) is 0 Å². The van der Waals surface area contributed by atoms with Crippen LogP contribution in [0.5, 0.6) is 0 Å². The molecule has 0 spiro atoms. The standard InChI is InChI=1S/C13H12ClNO3/c1-3-18-13(17)9-6-15-11-7(2)10(14)5-4-8(11)12(9)16/h4-6,9H,3H2,1-2H3. The van der Waals surface area contributed by atoms with Crippen LogP contribution < -0.4 is 0 Å². The lowest BCUT2D eigenvalue weighted by atomic mass is 9.93. The van der Waals surface area contributed by atoms with Crippen LogP contribution in [0.4, 0.5) is 5.69 Å². The maximum Gasteiger partial charge on any atom is 0.322 e. The van der Waals surface area contributed by atoms with Crippen molar-refractivity contribution in [3.05, 3.63) is 28.3 Å². The van der Waals surface area contributed by atoms with Gasteiger partial charge in [-0.1, -0.05) is 11.6 Å². The van der Waals surface area contributed by atoms with Gasteiger partial charge < -0.3 is 4.74 Å². The van der Waals surface area contributed by atoms with Crippen LogP contribution >= 0.6 is 11.6 Å². The SMILES string of the molecule is CCOC(=O)C1C=Nc2c(ccc(Cl)c2C)C1=O. The molecule has 0 bridgehead atoms. The Balaban J connectivity index is 2.42. The van der Waals surface area contributed by atoms with E-state index in [0.717, 1.165) is 5.56 Å². The minimum absolute atomic E-state index is 0.239. The highest BCUT2D eigenvalue weighted by Gasteiger charge is 2.32. The van der Waals surface area contributed by atoms with E-state index < -0.39 is 11.9 Å². The highest BCUT2D eigenvalue weighted by atomic mass is 35.5. The molecule has 1 aliphatic rings. The van der Waals surface area contributed by atoms with Crippen LogP contribution in [0.15, 0.2) is 17.1 Å². The van der Waals surface area contributed by atoms with Crippen LogP contribution in [0.25, 0.3) is 0 Å². The number of carbonyl (C=O) groups excluding carboxylic acids is 2. The molecule has 94 valence electrons. The summed E-state index contributed by atoms with van der Waals surface area (Å²) < 4.78 is 4.84. The molecular formula is C13H12ClNO3. The Morgan fingerprint density at radius 3 is 2.89 bits per heavy atom. The number of aliphatic imine (C=N–C) groups is 1. The zero-order valence-corrected chi connectivity index (χ0v) is 10.8. The van der Waals surface area contributed by atoms with Gasteiger partial charge in [-0.2, -0.15) is 0 Å². The first-order chi connectivity index (χ1) is 8.56. The molecule has 1 atom stereocenters. The summed E-state index contributed by atoms with van der Waals surface area (Å²) in [5.74, 6) is -1.80. The molecule has 0 amide bonds. The Kier molecular flexibility index (Phi) is 3.48. The second-order valence-electron chi connectivity index (χ2n) is 3.94. The van der Waals surface area contributed by atoms with E-state index in [-0.39, 0.29) is 12.4 Å². The van der Waals surface area contributed by atoms with Crippen molar-refractivity contribution in [3.8, 4) is 0 Å². The first-order valence-electron chi connectivity index (χ1n) is 5.60. The molecule has 0 aliphatic carbocycles. The van der Waals surface area contributed by atoms with Crippen LogP contribution in [0, 0.1) is 12.8 Å². The van der Waals surface area contributed by atoms with Gasteiger partial charge in [-0.25, -0.2) is 0 Å². The minimum atomic E-state index is -0.946. The number of Topliss-reactive ketones (excluding diaryl/α,β-unsaturated/α-hetero) is 1. The van der Waals surface area contributed by atoms with Gasteiger partial charge in [0, 0.05) is 16.8 Å². The quantitative estimate of drug-likeness (QED) is 0.610. The van der Waals surface area contributed by atoms with Gasteiger partial charge in [-0.05, 0) is 31.5 Å². The molecule has 0 fully saturated rings. The Morgan fingerprint density at radius 2 is 2.22 bits per heavy atom. The fraction of sp³-hybridized carbons (Fsp3) is 0.308. The Labute approximate surface area is 110 Å². The van der Waals surface area contributed by atoms with Gasteiger partial charge in [0.25, 0.3) is 0 Å². The smallest absolute Gasteiger partial charge is 0.322 e. The second-order valence-corrected chi connectivity index (χ2v) is 4.35. The van der Waals surface area contributed by atoms with E-state index in [0.29, 0.717) is 16.3 Å². The van der Waals surface area contributed by atoms with Gasteiger partial charge in [0.1, 0.15) is 0 Å². The predicted molar refractivity (Wildman–Crippen MR) is 68.8 cm³/mol. The maximum atomic E-state index is 12.2. The third-order valence-corrected chi connectivity index (χ3v) is 3.22. The fourth-order valence-electron chi connectivity index (χ4n) is 1.82. The van der Waals surface area contributed by atoms with Crippen molar-refractivity contribution >= 4 is 35.3 Å². The highest BCUT2D eigenvalue weighted by Crippen LogP contribution is 2.34. The molecule has 1 unspecified atom stereocenters. The number of ether oxygens (including phenoxy) is 1. The van der Waals surface area contributed by atoms with E-state index in [1.165, 1.54) is 6.21 Å². The molecule has 4 nitrogen and oxygen atoms in total. The zero-order valence-electron chi connectivity index (χ0n) is 10.1. The van der Waals surface area contributed by atoms with Crippen molar-refractivity contribution in [2.24, 2.45) is 10.9 Å².